The highest BCUT2D eigenvalue weighted by molar-refractivity contribution is 5.55. The molecular formula is C7H16N2O2. The maximum absolute atomic E-state index is 7.77. The van der Waals surface area contributed by atoms with Crippen LogP contribution in [0.2, 0.25) is 0 Å². The summed E-state index contributed by atoms with van der Waals surface area (Å²) in [7, 11) is 0. The van der Waals surface area contributed by atoms with E-state index in [1.807, 2.05) is 13.8 Å². The van der Waals surface area contributed by atoms with Gasteiger partial charge in [0.25, 0.3) is 0 Å². The zero-order chi connectivity index (χ0) is 8.95. The summed E-state index contributed by atoms with van der Waals surface area (Å²) in [4.78, 5) is 0. The Morgan fingerprint density at radius 3 is 1.73 bits per heavy atom. The predicted octanol–water partition coefficient (Wildman–Crippen LogP) is 2.10. The Kier molecular flexibility index (Phi) is 18.3. The molecule has 2 N–H and O–H groups in total. The average molecular weight is 160 g/mol. The zero-order valence-corrected chi connectivity index (χ0v) is 7.06. The number of unbranched alkanes of at least 4 members (excludes halogenated alkanes) is 1. The van der Waals surface area contributed by atoms with E-state index >= 15 is 0 Å². The van der Waals surface area contributed by atoms with E-state index < -0.39 is 0 Å². The Bertz CT molecular complexity index is 103. The van der Waals surface area contributed by atoms with Crippen LogP contribution in [-0.2, 0) is 0 Å². The van der Waals surface area contributed by atoms with Gasteiger partial charge in [0, 0.05) is 12.4 Å². The van der Waals surface area contributed by atoms with E-state index in [9.17, 15) is 0 Å². The lowest BCUT2D eigenvalue weighted by molar-refractivity contribution is 0.320. The molecule has 0 heterocycles. The van der Waals surface area contributed by atoms with Crippen LogP contribution < -0.4 is 0 Å². The average Bonchev–Trinajstić information content (AvgIpc) is 2.04. The second kappa shape index (κ2) is 16.0. The van der Waals surface area contributed by atoms with Crippen LogP contribution in [-0.4, -0.2) is 22.8 Å². The van der Waals surface area contributed by atoms with Gasteiger partial charge in [-0.25, -0.2) is 0 Å². The molecule has 0 aliphatic carbocycles. The van der Waals surface area contributed by atoms with Crippen LogP contribution in [0.5, 0.6) is 0 Å². The molecular weight excluding hydrogens is 144 g/mol. The lowest BCUT2D eigenvalue weighted by Gasteiger charge is -1.74. The molecule has 4 nitrogen and oxygen atoms in total. The zero-order valence-electron chi connectivity index (χ0n) is 7.06. The third-order valence-corrected chi connectivity index (χ3v) is 0.764. The van der Waals surface area contributed by atoms with Crippen LogP contribution in [0.4, 0.5) is 0 Å². The summed E-state index contributed by atoms with van der Waals surface area (Å²) in [5.41, 5.74) is 0. The van der Waals surface area contributed by atoms with Gasteiger partial charge >= 0.3 is 0 Å². The third kappa shape index (κ3) is 27.7. The highest BCUT2D eigenvalue weighted by Crippen LogP contribution is 1.77. The van der Waals surface area contributed by atoms with Gasteiger partial charge in [0.1, 0.15) is 0 Å². The van der Waals surface area contributed by atoms with Crippen LogP contribution >= 0.6 is 0 Å². The van der Waals surface area contributed by atoms with Crippen LogP contribution in [0.1, 0.15) is 33.1 Å². The molecule has 0 atom stereocenters. The Morgan fingerprint density at radius 1 is 1.09 bits per heavy atom. The van der Waals surface area contributed by atoms with Crippen molar-refractivity contribution >= 4 is 12.4 Å². The van der Waals surface area contributed by atoms with Crippen LogP contribution in [0, 0.1) is 0 Å². The van der Waals surface area contributed by atoms with Gasteiger partial charge < -0.3 is 10.4 Å². The van der Waals surface area contributed by atoms with E-state index in [4.69, 9.17) is 10.4 Å². The first kappa shape index (κ1) is 12.6. The lowest BCUT2D eigenvalue weighted by atomic mass is 10.4. The van der Waals surface area contributed by atoms with Crippen LogP contribution in [0.3, 0.4) is 0 Å². The van der Waals surface area contributed by atoms with Gasteiger partial charge in [0.05, 0.1) is 0 Å². The van der Waals surface area contributed by atoms with Crippen LogP contribution in [0.25, 0.3) is 0 Å². The van der Waals surface area contributed by atoms with Gasteiger partial charge in [-0.15, -0.1) is 10.3 Å². The van der Waals surface area contributed by atoms with Crippen LogP contribution in [0.15, 0.2) is 10.3 Å². The fourth-order valence-corrected chi connectivity index (χ4v) is 0.268. The maximum Gasteiger partial charge on any atom is 0.0435 e. The first-order valence-electron chi connectivity index (χ1n) is 3.65. The number of oxime groups is 2. The van der Waals surface area contributed by atoms with Crippen molar-refractivity contribution in [1.82, 2.24) is 0 Å². The molecule has 11 heavy (non-hydrogen) atoms. The molecule has 0 aromatic heterocycles. The Labute approximate surface area is 67.2 Å². The summed E-state index contributed by atoms with van der Waals surface area (Å²) in [6.45, 7) is 3.93. The Morgan fingerprint density at radius 2 is 1.64 bits per heavy atom. The molecule has 0 saturated heterocycles. The standard InChI is InChI=1S/C4H9NO.C3H7NO/c1-2-3-4-5-6;1-2-3-4-5/h4,6H,2-3H2,1H3;3,5H,2H2,1H3. The molecule has 0 unspecified atom stereocenters. The van der Waals surface area contributed by atoms with Crippen molar-refractivity contribution in [3.63, 3.8) is 0 Å². The van der Waals surface area contributed by atoms with Gasteiger partial charge in [0.15, 0.2) is 0 Å². The number of rotatable bonds is 3. The molecule has 0 aromatic carbocycles. The summed E-state index contributed by atoms with van der Waals surface area (Å²) >= 11 is 0. The van der Waals surface area contributed by atoms with Crippen molar-refractivity contribution in [2.45, 2.75) is 33.1 Å². The molecule has 0 bridgehead atoms. The summed E-state index contributed by atoms with van der Waals surface area (Å²) in [6, 6.07) is 0. The summed E-state index contributed by atoms with van der Waals surface area (Å²) < 4.78 is 0. The van der Waals surface area contributed by atoms with E-state index in [-0.39, 0.29) is 0 Å². The van der Waals surface area contributed by atoms with Crippen molar-refractivity contribution in [2.75, 3.05) is 0 Å². The number of hydrogen-bond donors (Lipinski definition) is 2. The molecule has 0 saturated carbocycles. The second-order valence-electron chi connectivity index (χ2n) is 1.79. The molecule has 66 valence electrons. The molecule has 0 fully saturated rings. The van der Waals surface area contributed by atoms with Crippen molar-refractivity contribution < 1.29 is 10.4 Å². The molecule has 4 heteroatoms. The van der Waals surface area contributed by atoms with Gasteiger partial charge in [-0.05, 0) is 12.8 Å². The van der Waals surface area contributed by atoms with E-state index in [1.54, 1.807) is 0 Å². The second-order valence-corrected chi connectivity index (χ2v) is 1.79. The van der Waals surface area contributed by atoms with E-state index in [2.05, 4.69) is 10.3 Å². The van der Waals surface area contributed by atoms with Gasteiger partial charge in [-0.1, -0.05) is 20.3 Å². The van der Waals surface area contributed by atoms with Crippen molar-refractivity contribution in [3.05, 3.63) is 0 Å². The molecule has 0 aliphatic rings. The summed E-state index contributed by atoms with van der Waals surface area (Å²) in [5, 5.41) is 20.9. The topological polar surface area (TPSA) is 65.2 Å². The van der Waals surface area contributed by atoms with Crippen molar-refractivity contribution in [2.24, 2.45) is 10.3 Å². The maximum atomic E-state index is 7.77. The third-order valence-electron chi connectivity index (χ3n) is 0.764. The summed E-state index contributed by atoms with van der Waals surface area (Å²) in [5.74, 6) is 0. The molecule has 0 aromatic rings. The first-order chi connectivity index (χ1) is 5.33. The van der Waals surface area contributed by atoms with Gasteiger partial charge in [0.2, 0.25) is 0 Å². The lowest BCUT2D eigenvalue weighted by Crippen LogP contribution is -1.68. The SMILES string of the molecule is CCC=NO.CCCC=NO. The largest absolute Gasteiger partial charge is 0.411 e. The smallest absolute Gasteiger partial charge is 0.0435 e. The summed E-state index contributed by atoms with van der Waals surface area (Å²) in [6.07, 6.45) is 5.64. The minimum Gasteiger partial charge on any atom is -0.411 e. The molecule has 0 rings (SSSR count). The van der Waals surface area contributed by atoms with Gasteiger partial charge in [-0.2, -0.15) is 0 Å². The highest BCUT2D eigenvalue weighted by atomic mass is 16.4. The highest BCUT2D eigenvalue weighted by Gasteiger charge is 1.67. The molecule has 0 spiro atoms. The Hall–Kier alpha value is -1.06. The van der Waals surface area contributed by atoms with Crippen molar-refractivity contribution in [3.8, 4) is 0 Å². The minimum absolute atomic E-state index is 0.802. The molecule has 0 amide bonds. The number of hydrogen-bond acceptors (Lipinski definition) is 4. The molecule has 0 radical (unpaired) electrons. The quantitative estimate of drug-likeness (QED) is 0.377. The van der Waals surface area contributed by atoms with Gasteiger partial charge in [-0.3, -0.25) is 0 Å². The first-order valence-corrected chi connectivity index (χ1v) is 3.65. The van der Waals surface area contributed by atoms with E-state index in [0.717, 1.165) is 19.3 Å². The number of nitrogens with zero attached hydrogens (tertiary/aromatic N) is 2. The monoisotopic (exact) mass is 160 g/mol. The fraction of sp³-hybridized carbons (Fsp3) is 0.714. The van der Waals surface area contributed by atoms with Crippen molar-refractivity contribution in [1.29, 1.82) is 0 Å². The molecule has 0 aliphatic heterocycles. The van der Waals surface area contributed by atoms with E-state index in [0.29, 0.717) is 0 Å². The van der Waals surface area contributed by atoms with E-state index in [1.165, 1.54) is 12.4 Å². The fourth-order valence-electron chi connectivity index (χ4n) is 0.268. The Balaban J connectivity index is 0. The normalized spacial score (nSPS) is 10.0. The minimum atomic E-state index is 0.802. The predicted molar refractivity (Wildman–Crippen MR) is 45.8 cm³/mol.